The van der Waals surface area contributed by atoms with Gasteiger partial charge in [0.15, 0.2) is 0 Å². The van der Waals surface area contributed by atoms with E-state index in [1.807, 2.05) is 0 Å². The van der Waals surface area contributed by atoms with Gasteiger partial charge in [-0.15, -0.1) is 0 Å². The SMILES string of the molecule is CC(C)(C)c1[nH]ncc1CNCC(O)c1ccc(Cl)c(F)c1. The molecule has 1 heterocycles. The van der Waals surface area contributed by atoms with Crippen LogP contribution in [-0.2, 0) is 12.0 Å². The molecule has 0 fully saturated rings. The Hall–Kier alpha value is -1.43. The Morgan fingerprint density at radius 3 is 2.77 bits per heavy atom. The summed E-state index contributed by atoms with van der Waals surface area (Å²) >= 11 is 5.63. The van der Waals surface area contributed by atoms with Crippen LogP contribution >= 0.6 is 11.6 Å². The summed E-state index contributed by atoms with van der Waals surface area (Å²) < 4.78 is 13.4. The fourth-order valence-electron chi connectivity index (χ4n) is 2.28. The summed E-state index contributed by atoms with van der Waals surface area (Å²) in [5, 5.41) is 20.4. The van der Waals surface area contributed by atoms with Crippen molar-refractivity contribution in [2.45, 2.75) is 38.8 Å². The van der Waals surface area contributed by atoms with Gasteiger partial charge in [0.1, 0.15) is 5.82 Å². The number of rotatable bonds is 5. The van der Waals surface area contributed by atoms with Crippen molar-refractivity contribution in [3.05, 3.63) is 52.1 Å². The van der Waals surface area contributed by atoms with Crippen LogP contribution in [0.25, 0.3) is 0 Å². The molecule has 1 atom stereocenters. The van der Waals surface area contributed by atoms with Crippen LogP contribution in [0.3, 0.4) is 0 Å². The number of hydrogen-bond donors (Lipinski definition) is 3. The molecule has 0 saturated carbocycles. The summed E-state index contributed by atoms with van der Waals surface area (Å²) in [5.74, 6) is -0.525. The van der Waals surface area contributed by atoms with E-state index in [4.69, 9.17) is 11.6 Å². The highest BCUT2D eigenvalue weighted by Crippen LogP contribution is 2.23. The van der Waals surface area contributed by atoms with Gasteiger partial charge in [-0.05, 0) is 17.7 Å². The summed E-state index contributed by atoms with van der Waals surface area (Å²) in [4.78, 5) is 0. The molecule has 2 aromatic rings. The predicted octanol–water partition coefficient (Wildman–Crippen LogP) is 3.32. The van der Waals surface area contributed by atoms with Crippen LogP contribution in [-0.4, -0.2) is 21.8 Å². The zero-order valence-corrected chi connectivity index (χ0v) is 13.7. The minimum Gasteiger partial charge on any atom is -0.387 e. The topological polar surface area (TPSA) is 60.9 Å². The molecule has 4 nitrogen and oxygen atoms in total. The summed E-state index contributed by atoms with van der Waals surface area (Å²) in [5.41, 5.74) is 2.59. The van der Waals surface area contributed by atoms with Crippen LogP contribution in [0, 0.1) is 5.82 Å². The smallest absolute Gasteiger partial charge is 0.142 e. The van der Waals surface area contributed by atoms with Crippen molar-refractivity contribution in [3.63, 3.8) is 0 Å². The zero-order valence-electron chi connectivity index (χ0n) is 13.0. The van der Waals surface area contributed by atoms with Gasteiger partial charge in [-0.25, -0.2) is 4.39 Å². The van der Waals surface area contributed by atoms with E-state index in [1.54, 1.807) is 12.3 Å². The number of hydrogen-bond acceptors (Lipinski definition) is 3. The van der Waals surface area contributed by atoms with Crippen molar-refractivity contribution in [3.8, 4) is 0 Å². The molecule has 1 aromatic heterocycles. The number of benzene rings is 1. The molecule has 3 N–H and O–H groups in total. The van der Waals surface area contributed by atoms with Crippen LogP contribution < -0.4 is 5.32 Å². The maximum absolute atomic E-state index is 13.4. The fourth-order valence-corrected chi connectivity index (χ4v) is 2.39. The summed E-state index contributed by atoms with van der Waals surface area (Å²) in [7, 11) is 0. The molecule has 1 unspecified atom stereocenters. The largest absolute Gasteiger partial charge is 0.387 e. The number of nitrogens with one attached hydrogen (secondary N) is 2. The van der Waals surface area contributed by atoms with Crippen molar-refractivity contribution in [2.75, 3.05) is 6.54 Å². The average Bonchev–Trinajstić information content (AvgIpc) is 2.90. The minimum absolute atomic E-state index is 0.0224. The second-order valence-electron chi connectivity index (χ2n) is 6.34. The van der Waals surface area contributed by atoms with Crippen molar-refractivity contribution in [2.24, 2.45) is 0 Å². The van der Waals surface area contributed by atoms with Crippen molar-refractivity contribution in [1.82, 2.24) is 15.5 Å². The minimum atomic E-state index is -0.795. The Bertz CT molecular complexity index is 637. The average molecular weight is 326 g/mol. The molecule has 0 bridgehead atoms. The van der Waals surface area contributed by atoms with E-state index in [-0.39, 0.29) is 10.4 Å². The lowest BCUT2D eigenvalue weighted by molar-refractivity contribution is 0.174. The molecule has 0 amide bonds. The van der Waals surface area contributed by atoms with E-state index < -0.39 is 11.9 Å². The first kappa shape index (κ1) is 16.9. The second kappa shape index (κ2) is 6.77. The van der Waals surface area contributed by atoms with Gasteiger partial charge in [-0.3, -0.25) is 5.10 Å². The molecule has 6 heteroatoms. The van der Waals surface area contributed by atoms with Gasteiger partial charge in [0.25, 0.3) is 0 Å². The Labute approximate surface area is 134 Å². The van der Waals surface area contributed by atoms with E-state index in [2.05, 4.69) is 36.3 Å². The van der Waals surface area contributed by atoms with Gasteiger partial charge in [-0.1, -0.05) is 38.4 Å². The van der Waals surface area contributed by atoms with E-state index in [0.29, 0.717) is 18.7 Å². The lowest BCUT2D eigenvalue weighted by atomic mass is 9.89. The summed E-state index contributed by atoms with van der Waals surface area (Å²) in [6.07, 6.45) is 0.985. The van der Waals surface area contributed by atoms with Gasteiger partial charge < -0.3 is 10.4 Å². The quantitative estimate of drug-likeness (QED) is 0.790. The monoisotopic (exact) mass is 325 g/mol. The van der Waals surface area contributed by atoms with Crippen LogP contribution in [0.2, 0.25) is 5.02 Å². The molecular formula is C16H21ClFN3O. The Morgan fingerprint density at radius 2 is 2.14 bits per heavy atom. The lowest BCUT2D eigenvalue weighted by Gasteiger charge is -2.19. The molecule has 22 heavy (non-hydrogen) atoms. The first-order chi connectivity index (χ1) is 10.3. The molecular weight excluding hydrogens is 305 g/mol. The molecule has 0 aliphatic carbocycles. The molecule has 120 valence electrons. The molecule has 0 aliphatic heterocycles. The third kappa shape index (κ3) is 4.06. The number of aromatic amines is 1. The van der Waals surface area contributed by atoms with Crippen molar-refractivity contribution in [1.29, 1.82) is 0 Å². The zero-order chi connectivity index (χ0) is 16.3. The normalized spacial score (nSPS) is 13.4. The molecule has 1 aromatic carbocycles. The number of aliphatic hydroxyl groups is 1. The molecule has 0 aliphatic rings. The second-order valence-corrected chi connectivity index (χ2v) is 6.75. The first-order valence-corrected chi connectivity index (χ1v) is 7.53. The van der Waals surface area contributed by atoms with Crippen LogP contribution in [0.5, 0.6) is 0 Å². The van der Waals surface area contributed by atoms with Crippen LogP contribution in [0.4, 0.5) is 4.39 Å². The van der Waals surface area contributed by atoms with E-state index in [1.165, 1.54) is 12.1 Å². The Morgan fingerprint density at radius 1 is 1.41 bits per heavy atom. The van der Waals surface area contributed by atoms with E-state index in [9.17, 15) is 9.50 Å². The fraction of sp³-hybridized carbons (Fsp3) is 0.438. The number of halogens is 2. The third-order valence-corrected chi connectivity index (χ3v) is 3.76. The highest BCUT2D eigenvalue weighted by molar-refractivity contribution is 6.30. The summed E-state index contributed by atoms with van der Waals surface area (Å²) in [6.45, 7) is 7.21. The van der Waals surface area contributed by atoms with Gasteiger partial charge in [0, 0.05) is 29.8 Å². The van der Waals surface area contributed by atoms with E-state index in [0.717, 1.165) is 11.3 Å². The molecule has 0 spiro atoms. The van der Waals surface area contributed by atoms with E-state index >= 15 is 0 Å². The highest BCUT2D eigenvalue weighted by Gasteiger charge is 2.20. The highest BCUT2D eigenvalue weighted by atomic mass is 35.5. The maximum atomic E-state index is 13.4. The number of aromatic nitrogens is 2. The van der Waals surface area contributed by atoms with Crippen LogP contribution in [0.15, 0.2) is 24.4 Å². The summed E-state index contributed by atoms with van der Waals surface area (Å²) in [6, 6.07) is 4.33. The number of nitrogens with zero attached hydrogens (tertiary/aromatic N) is 1. The van der Waals surface area contributed by atoms with Gasteiger partial charge >= 0.3 is 0 Å². The Kier molecular flexibility index (Phi) is 5.21. The van der Waals surface area contributed by atoms with Crippen molar-refractivity contribution < 1.29 is 9.50 Å². The van der Waals surface area contributed by atoms with Gasteiger partial charge in [0.2, 0.25) is 0 Å². The maximum Gasteiger partial charge on any atom is 0.142 e. The van der Waals surface area contributed by atoms with Crippen molar-refractivity contribution >= 4 is 11.6 Å². The number of aliphatic hydroxyl groups excluding tert-OH is 1. The molecule has 0 radical (unpaired) electrons. The number of H-pyrrole nitrogens is 1. The standard InChI is InChI=1S/C16H21ClFN3O/c1-16(2,3)15-11(8-20-21-15)7-19-9-14(22)10-4-5-12(17)13(18)6-10/h4-6,8,14,19,22H,7,9H2,1-3H3,(H,20,21). The first-order valence-electron chi connectivity index (χ1n) is 7.15. The predicted molar refractivity (Wildman–Crippen MR) is 85.4 cm³/mol. The van der Waals surface area contributed by atoms with Gasteiger partial charge in [0.05, 0.1) is 17.3 Å². The molecule has 0 saturated heterocycles. The molecule has 2 rings (SSSR count). The van der Waals surface area contributed by atoms with Gasteiger partial charge in [-0.2, -0.15) is 5.10 Å². The third-order valence-electron chi connectivity index (χ3n) is 3.45. The lowest BCUT2D eigenvalue weighted by Crippen LogP contribution is -2.23. The van der Waals surface area contributed by atoms with Crippen LogP contribution in [0.1, 0.15) is 43.7 Å². The Balaban J connectivity index is 1.94.